The minimum atomic E-state index is -0.276. The third-order valence-electron chi connectivity index (χ3n) is 3.64. The average molecular weight is 381 g/mol. The molecular formula is C21H23N3O4. The summed E-state index contributed by atoms with van der Waals surface area (Å²) < 4.78 is 5.38. The molecule has 2 aromatic carbocycles. The number of amides is 3. The molecule has 2 N–H and O–H groups in total. The van der Waals surface area contributed by atoms with Gasteiger partial charge in [-0.1, -0.05) is 12.1 Å². The Bertz CT molecular complexity index is 856. The van der Waals surface area contributed by atoms with E-state index in [9.17, 15) is 14.4 Å². The van der Waals surface area contributed by atoms with Crippen molar-refractivity contribution < 1.29 is 19.1 Å². The SMILES string of the molecule is CC(=O)Nc1ccc(/C=C/C(=O)Nc2ccc(OCC(=O)N(C)C)cc2)cc1. The average Bonchev–Trinajstić information content (AvgIpc) is 2.66. The van der Waals surface area contributed by atoms with Crippen LogP contribution in [-0.2, 0) is 14.4 Å². The molecule has 7 heteroatoms. The zero-order valence-electron chi connectivity index (χ0n) is 16.1. The highest BCUT2D eigenvalue weighted by Crippen LogP contribution is 2.16. The number of benzene rings is 2. The van der Waals surface area contributed by atoms with Gasteiger partial charge in [-0.25, -0.2) is 0 Å². The van der Waals surface area contributed by atoms with Crippen molar-refractivity contribution in [3.05, 3.63) is 60.2 Å². The van der Waals surface area contributed by atoms with Crippen molar-refractivity contribution in [1.29, 1.82) is 0 Å². The lowest BCUT2D eigenvalue weighted by molar-refractivity contribution is -0.130. The van der Waals surface area contributed by atoms with Crippen molar-refractivity contribution in [1.82, 2.24) is 4.90 Å². The van der Waals surface area contributed by atoms with Crippen LogP contribution in [0, 0.1) is 0 Å². The predicted molar refractivity (Wildman–Crippen MR) is 109 cm³/mol. The standard InChI is InChI=1S/C21H23N3O4/c1-15(25)22-17-7-4-16(5-8-17)6-13-20(26)23-18-9-11-19(12-10-18)28-14-21(27)24(2)3/h4-13H,14H2,1-3H3,(H,22,25)(H,23,26)/b13-6+. The highest BCUT2D eigenvalue weighted by Gasteiger charge is 2.05. The second kappa shape index (κ2) is 9.91. The van der Waals surface area contributed by atoms with Gasteiger partial charge in [0.1, 0.15) is 5.75 Å². The molecule has 7 nitrogen and oxygen atoms in total. The van der Waals surface area contributed by atoms with Crippen LogP contribution in [0.2, 0.25) is 0 Å². The van der Waals surface area contributed by atoms with E-state index in [1.54, 1.807) is 68.7 Å². The number of hydrogen-bond donors (Lipinski definition) is 2. The highest BCUT2D eigenvalue weighted by molar-refractivity contribution is 6.02. The first-order chi connectivity index (χ1) is 13.3. The van der Waals surface area contributed by atoms with Crippen molar-refractivity contribution in [2.24, 2.45) is 0 Å². The summed E-state index contributed by atoms with van der Waals surface area (Å²) in [6, 6.07) is 13.9. The molecule has 0 saturated heterocycles. The van der Waals surface area contributed by atoms with Crippen molar-refractivity contribution in [2.45, 2.75) is 6.92 Å². The first kappa shape index (κ1) is 20.7. The van der Waals surface area contributed by atoms with Gasteiger partial charge in [0.05, 0.1) is 0 Å². The van der Waals surface area contributed by atoms with E-state index >= 15 is 0 Å². The Balaban J connectivity index is 1.86. The van der Waals surface area contributed by atoms with Crippen LogP contribution in [0.3, 0.4) is 0 Å². The second-order valence-electron chi connectivity index (χ2n) is 6.23. The third-order valence-corrected chi connectivity index (χ3v) is 3.64. The van der Waals surface area contributed by atoms with Gasteiger partial charge in [0, 0.05) is 38.5 Å². The summed E-state index contributed by atoms with van der Waals surface area (Å²) >= 11 is 0. The van der Waals surface area contributed by atoms with E-state index in [4.69, 9.17) is 4.74 Å². The molecule has 2 aromatic rings. The van der Waals surface area contributed by atoms with Crippen LogP contribution in [0.5, 0.6) is 5.75 Å². The molecule has 28 heavy (non-hydrogen) atoms. The van der Waals surface area contributed by atoms with E-state index in [2.05, 4.69) is 10.6 Å². The number of nitrogens with zero attached hydrogens (tertiary/aromatic N) is 1. The van der Waals surface area contributed by atoms with Crippen LogP contribution in [0.25, 0.3) is 6.08 Å². The number of likely N-dealkylation sites (N-methyl/N-ethyl adjacent to an activating group) is 1. The van der Waals surface area contributed by atoms with Crippen molar-refractivity contribution in [3.8, 4) is 5.75 Å². The molecule has 3 amide bonds. The molecule has 146 valence electrons. The quantitative estimate of drug-likeness (QED) is 0.722. The molecule has 0 saturated carbocycles. The topological polar surface area (TPSA) is 87.7 Å². The van der Waals surface area contributed by atoms with Crippen molar-refractivity contribution in [2.75, 3.05) is 31.3 Å². The van der Waals surface area contributed by atoms with E-state index in [1.807, 2.05) is 0 Å². The molecule has 0 heterocycles. The van der Waals surface area contributed by atoms with Gasteiger partial charge in [0.25, 0.3) is 5.91 Å². The fourth-order valence-electron chi connectivity index (χ4n) is 2.15. The van der Waals surface area contributed by atoms with Crippen LogP contribution in [-0.4, -0.2) is 43.3 Å². The summed E-state index contributed by atoms with van der Waals surface area (Å²) in [6.45, 7) is 1.41. The van der Waals surface area contributed by atoms with Gasteiger partial charge in [0.2, 0.25) is 11.8 Å². The Kier molecular flexibility index (Phi) is 7.33. The fourth-order valence-corrected chi connectivity index (χ4v) is 2.15. The maximum Gasteiger partial charge on any atom is 0.259 e. The number of ether oxygens (including phenoxy) is 1. The molecule has 0 aliphatic rings. The minimum Gasteiger partial charge on any atom is -0.484 e. The molecule has 0 aliphatic carbocycles. The molecule has 2 rings (SSSR count). The Morgan fingerprint density at radius 1 is 0.929 bits per heavy atom. The molecular weight excluding hydrogens is 358 g/mol. The Labute approximate surface area is 164 Å². The lowest BCUT2D eigenvalue weighted by atomic mass is 10.2. The zero-order valence-corrected chi connectivity index (χ0v) is 16.1. The Morgan fingerprint density at radius 3 is 2.07 bits per heavy atom. The van der Waals surface area contributed by atoms with Gasteiger partial charge in [0.15, 0.2) is 6.61 Å². The summed E-state index contributed by atoms with van der Waals surface area (Å²) in [4.78, 5) is 36.0. The Hall–Kier alpha value is -3.61. The van der Waals surface area contributed by atoms with Gasteiger partial charge in [-0.2, -0.15) is 0 Å². The number of nitrogens with one attached hydrogen (secondary N) is 2. The molecule has 0 aromatic heterocycles. The summed E-state index contributed by atoms with van der Waals surface area (Å²) in [7, 11) is 3.32. The summed E-state index contributed by atoms with van der Waals surface area (Å²) in [5, 5.41) is 5.43. The highest BCUT2D eigenvalue weighted by atomic mass is 16.5. The van der Waals surface area contributed by atoms with Crippen molar-refractivity contribution >= 4 is 35.2 Å². The lowest BCUT2D eigenvalue weighted by Crippen LogP contribution is -2.27. The van der Waals surface area contributed by atoms with Crippen LogP contribution in [0.4, 0.5) is 11.4 Å². The second-order valence-corrected chi connectivity index (χ2v) is 6.23. The number of rotatable bonds is 7. The monoisotopic (exact) mass is 381 g/mol. The molecule has 0 aliphatic heterocycles. The van der Waals surface area contributed by atoms with Gasteiger partial charge in [-0.15, -0.1) is 0 Å². The summed E-state index contributed by atoms with van der Waals surface area (Å²) in [5.74, 6) is 0.00130. The van der Waals surface area contributed by atoms with Gasteiger partial charge < -0.3 is 20.3 Å². The third kappa shape index (κ3) is 6.95. The molecule has 0 spiro atoms. The van der Waals surface area contributed by atoms with E-state index in [1.165, 1.54) is 17.9 Å². The van der Waals surface area contributed by atoms with Crippen LogP contribution >= 0.6 is 0 Å². The van der Waals surface area contributed by atoms with E-state index in [-0.39, 0.29) is 24.3 Å². The predicted octanol–water partition coefficient (Wildman–Crippen LogP) is 2.76. The number of anilines is 2. The molecule has 0 unspecified atom stereocenters. The molecule has 0 fully saturated rings. The first-order valence-electron chi connectivity index (χ1n) is 8.63. The van der Waals surface area contributed by atoms with E-state index < -0.39 is 0 Å². The smallest absolute Gasteiger partial charge is 0.259 e. The van der Waals surface area contributed by atoms with Gasteiger partial charge >= 0.3 is 0 Å². The zero-order chi connectivity index (χ0) is 20.5. The molecule has 0 bridgehead atoms. The number of hydrogen-bond acceptors (Lipinski definition) is 4. The van der Waals surface area contributed by atoms with E-state index in [0.29, 0.717) is 17.1 Å². The van der Waals surface area contributed by atoms with E-state index in [0.717, 1.165) is 5.56 Å². The van der Waals surface area contributed by atoms with Crippen LogP contribution in [0.1, 0.15) is 12.5 Å². The van der Waals surface area contributed by atoms with Crippen LogP contribution < -0.4 is 15.4 Å². The minimum absolute atomic E-state index is 0.0395. The maximum atomic E-state index is 12.0. The number of carbonyl (C=O) groups is 3. The van der Waals surface area contributed by atoms with Gasteiger partial charge in [-0.05, 0) is 48.0 Å². The molecule has 0 atom stereocenters. The normalized spacial score (nSPS) is 10.4. The first-order valence-corrected chi connectivity index (χ1v) is 8.63. The maximum absolute atomic E-state index is 12.0. The summed E-state index contributed by atoms with van der Waals surface area (Å²) in [6.07, 6.45) is 3.10. The van der Waals surface area contributed by atoms with Gasteiger partial charge in [-0.3, -0.25) is 14.4 Å². The lowest BCUT2D eigenvalue weighted by Gasteiger charge is -2.11. The Morgan fingerprint density at radius 2 is 1.50 bits per heavy atom. The van der Waals surface area contributed by atoms with Crippen molar-refractivity contribution in [3.63, 3.8) is 0 Å². The number of carbonyl (C=O) groups excluding carboxylic acids is 3. The summed E-state index contributed by atoms with van der Waals surface area (Å²) in [5.41, 5.74) is 2.14. The van der Waals surface area contributed by atoms with Crippen LogP contribution in [0.15, 0.2) is 54.6 Å². The largest absolute Gasteiger partial charge is 0.484 e. The molecule has 0 radical (unpaired) electrons. The fraction of sp³-hybridized carbons (Fsp3) is 0.190.